The molecule has 5 nitrogen and oxygen atoms in total. The Morgan fingerprint density at radius 2 is 2.14 bits per heavy atom. The Labute approximate surface area is 129 Å². The number of aliphatic hydroxyl groups excluding tert-OH is 1. The molecule has 0 saturated carbocycles. The van der Waals surface area contributed by atoms with Gasteiger partial charge in [0.1, 0.15) is 17.1 Å². The number of benzene rings is 1. The number of nitrogens with one attached hydrogen (secondary N) is 1. The maximum absolute atomic E-state index is 12.1. The smallest absolute Gasteiger partial charge is 0.251 e. The summed E-state index contributed by atoms with van der Waals surface area (Å²) in [5, 5.41) is 14.8. The zero-order valence-electron chi connectivity index (χ0n) is 11.2. The van der Waals surface area contributed by atoms with Crippen LogP contribution in [0.15, 0.2) is 29.6 Å². The summed E-state index contributed by atoms with van der Waals surface area (Å²) in [5.74, 6) is -0.224. The van der Waals surface area contributed by atoms with Crippen LogP contribution in [0.4, 0.5) is 0 Å². The van der Waals surface area contributed by atoms with Gasteiger partial charge in [-0.05, 0) is 42.1 Å². The van der Waals surface area contributed by atoms with Crippen LogP contribution in [0, 0.1) is 6.92 Å². The average Bonchev–Trinajstić information content (AvgIpc) is 3.11. The third-order valence-electron chi connectivity index (χ3n) is 3.18. The number of hydrogen-bond donors (Lipinski definition) is 2. The number of hydrogen-bond acceptors (Lipinski definition) is 6. The van der Waals surface area contributed by atoms with Crippen LogP contribution >= 0.6 is 23.1 Å². The number of nitrogens with zero attached hydrogens (tertiary/aromatic N) is 2. The van der Waals surface area contributed by atoms with Crippen molar-refractivity contribution >= 4 is 40.0 Å². The molecular weight excluding hydrogens is 306 g/mol. The topological polar surface area (TPSA) is 75.1 Å². The second kappa shape index (κ2) is 5.88. The van der Waals surface area contributed by atoms with Gasteiger partial charge in [0.05, 0.1) is 11.7 Å². The van der Waals surface area contributed by atoms with Crippen molar-refractivity contribution in [3.05, 3.63) is 45.6 Å². The summed E-state index contributed by atoms with van der Waals surface area (Å²) in [6, 6.07) is 7.14. The van der Waals surface area contributed by atoms with Crippen LogP contribution < -0.4 is 5.32 Å². The first kappa shape index (κ1) is 14.1. The average molecular weight is 319 g/mol. The highest BCUT2D eigenvalue weighted by Crippen LogP contribution is 2.23. The SMILES string of the molecule is Cc1ccsc1C(O)CNC(=O)c1ccc2nsnc2c1. The van der Waals surface area contributed by atoms with Gasteiger partial charge >= 0.3 is 0 Å². The summed E-state index contributed by atoms with van der Waals surface area (Å²) in [6.45, 7) is 2.13. The zero-order chi connectivity index (χ0) is 14.8. The van der Waals surface area contributed by atoms with E-state index in [1.54, 1.807) is 18.2 Å². The van der Waals surface area contributed by atoms with Crippen molar-refractivity contribution in [2.24, 2.45) is 0 Å². The van der Waals surface area contributed by atoms with Gasteiger partial charge in [0.15, 0.2) is 0 Å². The first-order valence-electron chi connectivity index (χ1n) is 6.38. The van der Waals surface area contributed by atoms with E-state index in [1.165, 1.54) is 11.3 Å². The van der Waals surface area contributed by atoms with Gasteiger partial charge in [-0.3, -0.25) is 4.79 Å². The highest BCUT2D eigenvalue weighted by Gasteiger charge is 2.14. The Morgan fingerprint density at radius 1 is 1.33 bits per heavy atom. The van der Waals surface area contributed by atoms with Gasteiger partial charge in [-0.25, -0.2) is 0 Å². The number of amides is 1. The monoisotopic (exact) mass is 319 g/mol. The van der Waals surface area contributed by atoms with Gasteiger partial charge in [0.25, 0.3) is 5.91 Å². The second-order valence-corrected chi connectivity index (χ2v) is 6.14. The standard InChI is InChI=1S/C14H13N3O2S2/c1-8-4-5-20-13(8)12(18)7-15-14(19)9-2-3-10-11(6-9)17-21-16-10/h2-6,12,18H,7H2,1H3,(H,15,19). The van der Waals surface area contributed by atoms with E-state index in [2.05, 4.69) is 14.1 Å². The van der Waals surface area contributed by atoms with E-state index in [9.17, 15) is 9.90 Å². The van der Waals surface area contributed by atoms with E-state index >= 15 is 0 Å². The third kappa shape index (κ3) is 2.94. The van der Waals surface area contributed by atoms with Crippen LogP contribution in [0.2, 0.25) is 0 Å². The van der Waals surface area contributed by atoms with Gasteiger partial charge in [-0.1, -0.05) is 0 Å². The Balaban J connectivity index is 1.67. The predicted octanol–water partition coefficient (Wildman–Crippen LogP) is 2.52. The highest BCUT2D eigenvalue weighted by molar-refractivity contribution is 7.10. The molecule has 1 unspecified atom stereocenters. The minimum absolute atomic E-state index is 0.188. The lowest BCUT2D eigenvalue weighted by Gasteiger charge is -2.11. The molecule has 0 spiro atoms. The van der Waals surface area contributed by atoms with Gasteiger partial charge in [-0.15, -0.1) is 11.3 Å². The van der Waals surface area contributed by atoms with E-state index in [0.717, 1.165) is 27.7 Å². The van der Waals surface area contributed by atoms with Crippen molar-refractivity contribution in [2.45, 2.75) is 13.0 Å². The molecular formula is C14H13N3O2S2. The van der Waals surface area contributed by atoms with Crippen molar-refractivity contribution in [3.8, 4) is 0 Å². The molecule has 1 aromatic carbocycles. The quantitative estimate of drug-likeness (QED) is 0.775. The first-order chi connectivity index (χ1) is 10.1. The minimum atomic E-state index is -0.682. The van der Waals surface area contributed by atoms with Crippen LogP contribution in [0.5, 0.6) is 0 Å². The largest absolute Gasteiger partial charge is 0.386 e. The number of carbonyl (C=O) groups is 1. The molecule has 1 atom stereocenters. The molecule has 0 bridgehead atoms. The molecule has 0 saturated heterocycles. The maximum Gasteiger partial charge on any atom is 0.251 e. The van der Waals surface area contributed by atoms with Crippen LogP contribution in [-0.2, 0) is 0 Å². The number of carbonyl (C=O) groups excluding carboxylic acids is 1. The summed E-state index contributed by atoms with van der Waals surface area (Å²) in [6.07, 6.45) is -0.682. The highest BCUT2D eigenvalue weighted by atomic mass is 32.1. The molecule has 2 heterocycles. The van der Waals surface area contributed by atoms with Crippen molar-refractivity contribution in [1.82, 2.24) is 14.1 Å². The molecule has 0 aliphatic carbocycles. The summed E-state index contributed by atoms with van der Waals surface area (Å²) in [7, 11) is 0. The molecule has 0 radical (unpaired) electrons. The van der Waals surface area contributed by atoms with E-state index in [1.807, 2.05) is 18.4 Å². The van der Waals surface area contributed by atoms with Crippen molar-refractivity contribution in [1.29, 1.82) is 0 Å². The van der Waals surface area contributed by atoms with Crippen molar-refractivity contribution in [2.75, 3.05) is 6.54 Å². The summed E-state index contributed by atoms with van der Waals surface area (Å²) in [5.41, 5.74) is 3.05. The molecule has 21 heavy (non-hydrogen) atoms. The molecule has 7 heteroatoms. The van der Waals surface area contributed by atoms with Gasteiger partial charge in [-0.2, -0.15) is 8.75 Å². The minimum Gasteiger partial charge on any atom is -0.386 e. The van der Waals surface area contributed by atoms with Crippen LogP contribution in [0.25, 0.3) is 11.0 Å². The van der Waals surface area contributed by atoms with Crippen LogP contribution in [0.1, 0.15) is 26.9 Å². The lowest BCUT2D eigenvalue weighted by molar-refractivity contribution is 0.0918. The number of thiophene rings is 1. The molecule has 2 N–H and O–H groups in total. The Hall–Kier alpha value is -1.83. The van der Waals surface area contributed by atoms with E-state index < -0.39 is 6.10 Å². The number of rotatable bonds is 4. The van der Waals surface area contributed by atoms with E-state index in [0.29, 0.717) is 11.1 Å². The van der Waals surface area contributed by atoms with E-state index in [4.69, 9.17) is 0 Å². The molecule has 0 aliphatic rings. The third-order valence-corrected chi connectivity index (χ3v) is 4.85. The molecule has 1 amide bonds. The van der Waals surface area contributed by atoms with Gasteiger partial charge in [0.2, 0.25) is 0 Å². The van der Waals surface area contributed by atoms with Crippen molar-refractivity contribution < 1.29 is 9.90 Å². The van der Waals surface area contributed by atoms with Crippen molar-refractivity contribution in [3.63, 3.8) is 0 Å². The fourth-order valence-corrected chi connectivity index (χ4v) is 3.46. The summed E-state index contributed by atoms with van der Waals surface area (Å²) in [4.78, 5) is 13.0. The second-order valence-electron chi connectivity index (χ2n) is 4.66. The normalized spacial score (nSPS) is 12.5. The zero-order valence-corrected chi connectivity index (χ0v) is 12.9. The molecule has 2 aromatic heterocycles. The van der Waals surface area contributed by atoms with Crippen LogP contribution in [0.3, 0.4) is 0 Å². The first-order valence-corrected chi connectivity index (χ1v) is 7.98. The van der Waals surface area contributed by atoms with Gasteiger partial charge in [0, 0.05) is 17.0 Å². The molecule has 3 aromatic rings. The molecule has 3 rings (SSSR count). The maximum atomic E-state index is 12.1. The Bertz CT molecular complexity index is 781. The molecule has 108 valence electrons. The fraction of sp³-hybridized carbons (Fsp3) is 0.214. The lowest BCUT2D eigenvalue weighted by atomic mass is 10.1. The summed E-state index contributed by atoms with van der Waals surface area (Å²) < 4.78 is 8.21. The van der Waals surface area contributed by atoms with Crippen LogP contribution in [-0.4, -0.2) is 26.3 Å². The Morgan fingerprint density at radius 3 is 2.90 bits per heavy atom. The lowest BCUT2D eigenvalue weighted by Crippen LogP contribution is -2.28. The molecule has 0 fully saturated rings. The summed E-state index contributed by atoms with van der Waals surface area (Å²) >= 11 is 2.61. The van der Waals surface area contributed by atoms with Gasteiger partial charge < -0.3 is 10.4 Å². The number of aliphatic hydroxyl groups is 1. The number of aromatic nitrogens is 2. The molecule has 0 aliphatic heterocycles. The number of aryl methyl sites for hydroxylation is 1. The fourth-order valence-electron chi connectivity index (χ4n) is 2.03. The number of fused-ring (bicyclic) bond motifs is 1. The predicted molar refractivity (Wildman–Crippen MR) is 83.8 cm³/mol. The Kier molecular flexibility index (Phi) is 3.96. The van der Waals surface area contributed by atoms with E-state index in [-0.39, 0.29) is 12.5 Å².